The van der Waals surface area contributed by atoms with Crippen LogP contribution in [0.1, 0.15) is 25.0 Å². The van der Waals surface area contributed by atoms with Gasteiger partial charge in [-0.25, -0.2) is 4.79 Å². The molecule has 3 aromatic rings. The van der Waals surface area contributed by atoms with Gasteiger partial charge < -0.3 is 20.1 Å². The molecule has 33 heavy (non-hydrogen) atoms. The number of aromatic hydroxyl groups is 1. The van der Waals surface area contributed by atoms with Crippen molar-refractivity contribution in [1.29, 1.82) is 0 Å². The van der Waals surface area contributed by atoms with Gasteiger partial charge in [-0.3, -0.25) is 15.0 Å². The summed E-state index contributed by atoms with van der Waals surface area (Å²) in [6, 6.07) is 16.4. The number of nitrogens with one attached hydrogen (secondary N) is 3. The highest BCUT2D eigenvalue weighted by atomic mass is 16.6. The molecule has 0 unspecified atom stereocenters. The summed E-state index contributed by atoms with van der Waals surface area (Å²) in [6.07, 6.45) is 1.46. The summed E-state index contributed by atoms with van der Waals surface area (Å²) in [5, 5.41) is 15.9. The molecule has 4 N–H and O–H groups in total. The second kappa shape index (κ2) is 11.7. The molecule has 0 radical (unpaired) electrons. The maximum absolute atomic E-state index is 12.5. The molecule has 8 nitrogen and oxygen atoms in total. The minimum atomic E-state index is -0.794. The van der Waals surface area contributed by atoms with E-state index in [2.05, 4.69) is 20.5 Å². The number of pyridine rings is 1. The lowest BCUT2D eigenvalue weighted by atomic mass is 10.1. The molecule has 0 saturated heterocycles. The molecule has 0 fully saturated rings. The Hall–Kier alpha value is -3.78. The number of anilines is 2. The van der Waals surface area contributed by atoms with Gasteiger partial charge in [0.15, 0.2) is 0 Å². The zero-order valence-corrected chi connectivity index (χ0v) is 18.9. The van der Waals surface area contributed by atoms with Gasteiger partial charge in [-0.2, -0.15) is 0 Å². The third-order valence-corrected chi connectivity index (χ3v) is 5.30. The number of hydrogen-bond donors (Lipinski definition) is 4. The Balaban J connectivity index is 1.66. The number of hydrogen-bond acceptors (Lipinski definition) is 6. The number of amides is 1. The van der Waals surface area contributed by atoms with Gasteiger partial charge in [0.25, 0.3) is 5.56 Å². The lowest BCUT2D eigenvalue weighted by Gasteiger charge is -2.19. The molecular formula is C25H30N4O4. The van der Waals surface area contributed by atoms with Crippen LogP contribution in [0.5, 0.6) is 11.5 Å². The van der Waals surface area contributed by atoms with Crippen molar-refractivity contribution in [2.24, 2.45) is 0 Å². The van der Waals surface area contributed by atoms with Gasteiger partial charge >= 0.3 is 6.09 Å². The van der Waals surface area contributed by atoms with Gasteiger partial charge in [0.1, 0.15) is 5.75 Å². The zero-order valence-electron chi connectivity index (χ0n) is 18.9. The predicted molar refractivity (Wildman–Crippen MR) is 130 cm³/mol. The van der Waals surface area contributed by atoms with Crippen LogP contribution in [0.25, 0.3) is 0 Å². The summed E-state index contributed by atoms with van der Waals surface area (Å²) in [7, 11) is 0. The molecule has 0 spiro atoms. The Morgan fingerprint density at radius 2 is 1.85 bits per heavy atom. The highest BCUT2D eigenvalue weighted by molar-refractivity contribution is 5.87. The summed E-state index contributed by atoms with van der Waals surface area (Å²) in [4.78, 5) is 29.5. The Morgan fingerprint density at radius 3 is 2.58 bits per heavy atom. The van der Waals surface area contributed by atoms with Crippen LogP contribution < -0.4 is 20.9 Å². The summed E-state index contributed by atoms with van der Waals surface area (Å²) >= 11 is 0. The third kappa shape index (κ3) is 6.85. The number of aromatic nitrogens is 1. The summed E-state index contributed by atoms with van der Waals surface area (Å²) in [6.45, 7) is 6.89. The molecule has 0 aliphatic rings. The lowest BCUT2D eigenvalue weighted by molar-refractivity contribution is 0.214. The zero-order chi connectivity index (χ0) is 23.6. The van der Waals surface area contributed by atoms with Gasteiger partial charge in [0.05, 0.1) is 5.69 Å². The monoisotopic (exact) mass is 450 g/mol. The third-order valence-electron chi connectivity index (χ3n) is 5.30. The van der Waals surface area contributed by atoms with E-state index in [1.54, 1.807) is 18.2 Å². The van der Waals surface area contributed by atoms with Crippen LogP contribution in [0.15, 0.2) is 65.6 Å². The number of carbonyl (C=O) groups excluding carboxylic acids is 1. The quantitative estimate of drug-likeness (QED) is 0.345. The average Bonchev–Trinajstić information content (AvgIpc) is 2.82. The van der Waals surface area contributed by atoms with Crippen LogP contribution in [0, 0.1) is 0 Å². The molecule has 0 bridgehead atoms. The Morgan fingerprint density at radius 1 is 1.09 bits per heavy atom. The standard InChI is InChI=1S/C25H30N4O4/c1-3-29(4-2)17-19-16-20(10-11-22(19)30)28-25(32)33-23-21(13-15-27-24(23)31)26-14-12-18-8-6-5-7-9-18/h5-11,13,15-16,30H,3-4,12,14,17H2,1-2H3,(H,28,32)(H2,26,27,31). The van der Waals surface area contributed by atoms with Crippen LogP contribution >= 0.6 is 0 Å². The molecule has 1 aromatic heterocycles. The second-order valence-electron chi connectivity index (χ2n) is 7.53. The van der Waals surface area contributed by atoms with Crippen LogP contribution in [0.3, 0.4) is 0 Å². The maximum Gasteiger partial charge on any atom is 0.417 e. The van der Waals surface area contributed by atoms with Gasteiger partial charge in [-0.1, -0.05) is 44.2 Å². The first-order chi connectivity index (χ1) is 16.0. The Kier molecular flexibility index (Phi) is 8.49. The van der Waals surface area contributed by atoms with Crippen molar-refractivity contribution < 1.29 is 14.6 Å². The van der Waals surface area contributed by atoms with E-state index in [9.17, 15) is 14.7 Å². The second-order valence-corrected chi connectivity index (χ2v) is 7.53. The van der Waals surface area contributed by atoms with E-state index in [-0.39, 0.29) is 11.5 Å². The lowest BCUT2D eigenvalue weighted by Crippen LogP contribution is -2.24. The van der Waals surface area contributed by atoms with Crippen molar-refractivity contribution in [1.82, 2.24) is 9.88 Å². The molecule has 0 aliphatic heterocycles. The van der Waals surface area contributed by atoms with E-state index in [4.69, 9.17) is 4.74 Å². The number of phenolic OH excluding ortho intramolecular Hbond substituents is 1. The van der Waals surface area contributed by atoms with E-state index in [0.717, 1.165) is 25.1 Å². The minimum absolute atomic E-state index is 0.106. The number of phenols is 1. The summed E-state index contributed by atoms with van der Waals surface area (Å²) in [5.74, 6) is 0.0513. The number of nitrogens with zero attached hydrogens (tertiary/aromatic N) is 1. The van der Waals surface area contributed by atoms with E-state index >= 15 is 0 Å². The maximum atomic E-state index is 12.5. The number of benzene rings is 2. The van der Waals surface area contributed by atoms with Crippen LogP contribution in [-0.2, 0) is 13.0 Å². The van der Waals surface area contributed by atoms with Crippen molar-refractivity contribution in [3.05, 3.63) is 82.3 Å². The summed E-state index contributed by atoms with van der Waals surface area (Å²) in [5.41, 5.74) is 2.23. The Labute approximate surface area is 193 Å². The number of aromatic amines is 1. The predicted octanol–water partition coefficient (Wildman–Crippen LogP) is 4.19. The molecule has 0 saturated carbocycles. The molecular weight excluding hydrogens is 420 g/mol. The van der Waals surface area contributed by atoms with Gasteiger partial charge in [-0.05, 0) is 49.3 Å². The number of rotatable bonds is 10. The fraction of sp³-hybridized carbons (Fsp3) is 0.280. The molecule has 1 amide bonds. The summed E-state index contributed by atoms with van der Waals surface area (Å²) < 4.78 is 5.35. The van der Waals surface area contributed by atoms with Crippen molar-refractivity contribution in [3.8, 4) is 11.5 Å². The molecule has 2 aromatic carbocycles. The highest BCUT2D eigenvalue weighted by Crippen LogP contribution is 2.24. The fourth-order valence-corrected chi connectivity index (χ4v) is 3.41. The van der Waals surface area contributed by atoms with Crippen LogP contribution in [0.2, 0.25) is 0 Å². The molecule has 1 heterocycles. The van der Waals surface area contributed by atoms with Gasteiger partial charge in [0.2, 0.25) is 5.75 Å². The molecule has 8 heteroatoms. The van der Waals surface area contributed by atoms with Crippen LogP contribution in [-0.4, -0.2) is 40.7 Å². The van der Waals surface area contributed by atoms with E-state index in [1.165, 1.54) is 12.3 Å². The van der Waals surface area contributed by atoms with Crippen LogP contribution in [0.4, 0.5) is 16.2 Å². The first kappa shape index (κ1) is 23.9. The smallest absolute Gasteiger partial charge is 0.417 e. The van der Waals surface area contributed by atoms with Gasteiger partial charge in [-0.15, -0.1) is 0 Å². The van der Waals surface area contributed by atoms with Crippen molar-refractivity contribution in [2.75, 3.05) is 30.3 Å². The first-order valence-electron chi connectivity index (χ1n) is 11.0. The number of carbonyl (C=O) groups is 1. The average molecular weight is 451 g/mol. The molecule has 0 aliphatic carbocycles. The van der Waals surface area contributed by atoms with Crippen molar-refractivity contribution >= 4 is 17.5 Å². The molecule has 0 atom stereocenters. The van der Waals surface area contributed by atoms with E-state index < -0.39 is 11.7 Å². The normalized spacial score (nSPS) is 10.8. The molecule has 3 rings (SSSR count). The largest absolute Gasteiger partial charge is 0.508 e. The SMILES string of the molecule is CCN(CC)Cc1cc(NC(=O)Oc2c(NCCc3ccccc3)cc[nH]c2=O)ccc1O. The van der Waals surface area contributed by atoms with Gasteiger partial charge in [0, 0.05) is 30.5 Å². The van der Waals surface area contributed by atoms with E-state index in [1.807, 2.05) is 44.2 Å². The minimum Gasteiger partial charge on any atom is -0.508 e. The van der Waals surface area contributed by atoms with E-state index in [0.29, 0.717) is 30.0 Å². The van der Waals surface area contributed by atoms with Crippen molar-refractivity contribution in [3.63, 3.8) is 0 Å². The first-order valence-corrected chi connectivity index (χ1v) is 11.0. The topological polar surface area (TPSA) is 107 Å². The number of ether oxygens (including phenoxy) is 1. The highest BCUT2D eigenvalue weighted by Gasteiger charge is 2.15. The number of H-pyrrole nitrogens is 1. The van der Waals surface area contributed by atoms with Crippen molar-refractivity contribution in [2.45, 2.75) is 26.8 Å². The Bertz CT molecular complexity index is 1110. The molecule has 174 valence electrons. The fourth-order valence-electron chi connectivity index (χ4n) is 3.41.